The fourth-order valence-electron chi connectivity index (χ4n) is 3.25. The van der Waals surface area contributed by atoms with Gasteiger partial charge in [0.1, 0.15) is 5.60 Å². The van der Waals surface area contributed by atoms with Crippen LogP contribution in [0, 0.1) is 11.8 Å². The zero-order chi connectivity index (χ0) is 14.2. The summed E-state index contributed by atoms with van der Waals surface area (Å²) in [6.07, 6.45) is 5.50. The molecule has 0 saturated heterocycles. The van der Waals surface area contributed by atoms with Gasteiger partial charge in [-0.05, 0) is 51.4 Å². The molecule has 2 atom stereocenters. The Bertz CT molecular complexity index is 441. The number of aromatic nitrogens is 2. The largest absolute Gasteiger partial charge is 0.384 e. The molecule has 1 heterocycles. The third kappa shape index (κ3) is 2.82. The second-order valence-electron chi connectivity index (χ2n) is 6.51. The molecule has 19 heavy (non-hydrogen) atoms. The number of aliphatic hydroxyl groups is 1. The van der Waals surface area contributed by atoms with Crippen LogP contribution in [0.15, 0.2) is 6.20 Å². The summed E-state index contributed by atoms with van der Waals surface area (Å²) in [4.78, 5) is 0. The molecule has 2 rings (SSSR count). The standard InChI is InChI=1S/C15H25ClN2O/c1-10(2)12-6-5-7-15(19,8-12)14-13(16)9-17-18(14)11(3)4/h9-12,19H,5-8H2,1-4H3. The average molecular weight is 285 g/mol. The fourth-order valence-corrected chi connectivity index (χ4v) is 3.55. The molecular formula is C15H25ClN2O. The smallest absolute Gasteiger partial charge is 0.108 e. The van der Waals surface area contributed by atoms with Crippen molar-refractivity contribution in [2.75, 3.05) is 0 Å². The maximum Gasteiger partial charge on any atom is 0.108 e. The lowest BCUT2D eigenvalue weighted by Gasteiger charge is -2.39. The van der Waals surface area contributed by atoms with Crippen LogP contribution >= 0.6 is 11.6 Å². The summed E-state index contributed by atoms with van der Waals surface area (Å²) in [5.74, 6) is 1.16. The van der Waals surface area contributed by atoms with Crippen LogP contribution in [-0.4, -0.2) is 14.9 Å². The Labute approximate surface area is 121 Å². The predicted molar refractivity (Wildman–Crippen MR) is 78.3 cm³/mol. The van der Waals surface area contributed by atoms with Crippen molar-refractivity contribution in [2.24, 2.45) is 11.8 Å². The number of nitrogens with zero attached hydrogens (tertiary/aromatic N) is 2. The molecule has 0 amide bonds. The average Bonchev–Trinajstić information content (AvgIpc) is 2.72. The zero-order valence-electron chi connectivity index (χ0n) is 12.4. The second-order valence-corrected chi connectivity index (χ2v) is 6.92. The van der Waals surface area contributed by atoms with Gasteiger partial charge in [-0.25, -0.2) is 0 Å². The Balaban J connectivity index is 2.36. The minimum atomic E-state index is -0.814. The molecule has 2 unspecified atom stereocenters. The minimum Gasteiger partial charge on any atom is -0.384 e. The van der Waals surface area contributed by atoms with Gasteiger partial charge in [0.05, 0.1) is 16.9 Å². The summed E-state index contributed by atoms with van der Waals surface area (Å²) in [6, 6.07) is 0.214. The molecule has 0 aliphatic heterocycles. The van der Waals surface area contributed by atoms with Crippen LogP contribution in [-0.2, 0) is 5.60 Å². The van der Waals surface area contributed by atoms with Crippen molar-refractivity contribution in [3.05, 3.63) is 16.9 Å². The summed E-state index contributed by atoms with van der Waals surface area (Å²) >= 11 is 6.30. The Morgan fingerprint density at radius 1 is 1.42 bits per heavy atom. The Morgan fingerprint density at radius 2 is 2.11 bits per heavy atom. The number of hydrogen-bond acceptors (Lipinski definition) is 2. The Morgan fingerprint density at radius 3 is 2.68 bits per heavy atom. The van der Waals surface area contributed by atoms with Crippen LogP contribution in [0.5, 0.6) is 0 Å². The van der Waals surface area contributed by atoms with E-state index in [2.05, 4.69) is 32.8 Å². The maximum atomic E-state index is 11.1. The van der Waals surface area contributed by atoms with Gasteiger partial charge in [-0.2, -0.15) is 5.10 Å². The van der Waals surface area contributed by atoms with E-state index in [0.29, 0.717) is 16.9 Å². The normalized spacial score (nSPS) is 28.3. The SMILES string of the molecule is CC(C)C1CCCC(O)(c2c(Cl)cnn2C(C)C)C1. The molecule has 0 radical (unpaired) electrons. The first-order valence-electron chi connectivity index (χ1n) is 7.31. The lowest BCUT2D eigenvalue weighted by Crippen LogP contribution is -2.37. The summed E-state index contributed by atoms with van der Waals surface area (Å²) in [5, 5.41) is 16.0. The van der Waals surface area contributed by atoms with Crippen molar-refractivity contribution in [2.45, 2.75) is 65.0 Å². The Kier molecular flexibility index (Phi) is 4.26. The van der Waals surface area contributed by atoms with Gasteiger partial charge in [0.15, 0.2) is 0 Å². The minimum absolute atomic E-state index is 0.214. The van der Waals surface area contributed by atoms with Crippen LogP contribution in [0.4, 0.5) is 0 Å². The third-order valence-corrected chi connectivity index (χ3v) is 4.67. The van der Waals surface area contributed by atoms with Gasteiger partial charge in [-0.1, -0.05) is 25.4 Å². The van der Waals surface area contributed by atoms with Gasteiger partial charge < -0.3 is 5.11 Å². The van der Waals surface area contributed by atoms with E-state index < -0.39 is 5.60 Å². The fraction of sp³-hybridized carbons (Fsp3) is 0.800. The first kappa shape index (κ1) is 14.9. The van der Waals surface area contributed by atoms with E-state index in [1.807, 2.05) is 4.68 Å². The molecule has 1 saturated carbocycles. The maximum absolute atomic E-state index is 11.1. The van der Waals surface area contributed by atoms with E-state index in [9.17, 15) is 5.11 Å². The molecule has 1 aliphatic rings. The van der Waals surface area contributed by atoms with Crippen molar-refractivity contribution >= 4 is 11.6 Å². The number of hydrogen-bond donors (Lipinski definition) is 1. The number of rotatable bonds is 3. The molecule has 4 heteroatoms. The highest BCUT2D eigenvalue weighted by molar-refractivity contribution is 6.31. The zero-order valence-corrected chi connectivity index (χ0v) is 13.1. The lowest BCUT2D eigenvalue weighted by atomic mass is 9.72. The van der Waals surface area contributed by atoms with Crippen molar-refractivity contribution in [1.29, 1.82) is 0 Å². The topological polar surface area (TPSA) is 38.1 Å². The van der Waals surface area contributed by atoms with Crippen molar-refractivity contribution in [1.82, 2.24) is 9.78 Å². The molecule has 108 valence electrons. The number of halogens is 1. The molecule has 0 aromatic carbocycles. The third-order valence-electron chi connectivity index (χ3n) is 4.39. The summed E-state index contributed by atoms with van der Waals surface area (Å²) in [7, 11) is 0. The van der Waals surface area contributed by atoms with E-state index in [1.54, 1.807) is 6.20 Å². The van der Waals surface area contributed by atoms with E-state index >= 15 is 0 Å². The first-order chi connectivity index (χ1) is 8.85. The highest BCUT2D eigenvalue weighted by atomic mass is 35.5. The molecule has 0 spiro atoms. The van der Waals surface area contributed by atoms with Crippen molar-refractivity contribution < 1.29 is 5.11 Å². The molecule has 1 N–H and O–H groups in total. The van der Waals surface area contributed by atoms with Gasteiger partial charge in [-0.3, -0.25) is 4.68 Å². The highest BCUT2D eigenvalue weighted by Gasteiger charge is 2.41. The van der Waals surface area contributed by atoms with E-state index in [-0.39, 0.29) is 6.04 Å². The lowest BCUT2D eigenvalue weighted by molar-refractivity contribution is -0.0371. The van der Waals surface area contributed by atoms with Crippen LogP contribution < -0.4 is 0 Å². The monoisotopic (exact) mass is 284 g/mol. The predicted octanol–water partition coefficient (Wildman–Crippen LogP) is 4.15. The van der Waals surface area contributed by atoms with E-state index in [0.717, 1.165) is 25.0 Å². The summed E-state index contributed by atoms with van der Waals surface area (Å²) in [5.41, 5.74) is -0.0000772. The molecular weight excluding hydrogens is 260 g/mol. The van der Waals surface area contributed by atoms with Crippen LogP contribution in [0.25, 0.3) is 0 Å². The Hall–Kier alpha value is -0.540. The van der Waals surface area contributed by atoms with Crippen LogP contribution in [0.3, 0.4) is 0 Å². The summed E-state index contributed by atoms with van der Waals surface area (Å²) < 4.78 is 1.88. The molecule has 1 fully saturated rings. The molecule has 0 bridgehead atoms. The van der Waals surface area contributed by atoms with Crippen molar-refractivity contribution in [3.63, 3.8) is 0 Å². The van der Waals surface area contributed by atoms with Gasteiger partial charge >= 0.3 is 0 Å². The quantitative estimate of drug-likeness (QED) is 0.905. The summed E-state index contributed by atoms with van der Waals surface area (Å²) in [6.45, 7) is 8.60. The van der Waals surface area contributed by atoms with Gasteiger partial charge in [0, 0.05) is 6.04 Å². The first-order valence-corrected chi connectivity index (χ1v) is 7.69. The molecule has 3 nitrogen and oxygen atoms in total. The molecule has 1 aromatic heterocycles. The van der Waals surface area contributed by atoms with Gasteiger partial charge in [0.2, 0.25) is 0 Å². The van der Waals surface area contributed by atoms with E-state index in [1.165, 1.54) is 6.42 Å². The second kappa shape index (κ2) is 5.45. The van der Waals surface area contributed by atoms with E-state index in [4.69, 9.17) is 11.6 Å². The van der Waals surface area contributed by atoms with Crippen LogP contribution in [0.2, 0.25) is 5.02 Å². The molecule has 1 aromatic rings. The highest BCUT2D eigenvalue weighted by Crippen LogP contribution is 2.45. The van der Waals surface area contributed by atoms with Crippen LogP contribution in [0.1, 0.15) is 65.1 Å². The van der Waals surface area contributed by atoms with Gasteiger partial charge in [0.25, 0.3) is 0 Å². The molecule has 1 aliphatic carbocycles. The van der Waals surface area contributed by atoms with Crippen molar-refractivity contribution in [3.8, 4) is 0 Å². The van der Waals surface area contributed by atoms with Gasteiger partial charge in [-0.15, -0.1) is 0 Å².